The van der Waals surface area contributed by atoms with Crippen molar-refractivity contribution in [2.45, 2.75) is 64.7 Å². The minimum atomic E-state index is -0.385. The average Bonchev–Trinajstić information content (AvgIpc) is 2.88. The molecule has 5 heteroatoms. The van der Waals surface area contributed by atoms with E-state index in [9.17, 15) is 9.59 Å². The second-order valence-corrected chi connectivity index (χ2v) is 11.4. The summed E-state index contributed by atoms with van der Waals surface area (Å²) in [6.45, 7) is 9.90. The van der Waals surface area contributed by atoms with Crippen LogP contribution in [0.5, 0.6) is 5.75 Å². The van der Waals surface area contributed by atoms with Gasteiger partial charge < -0.3 is 14.5 Å². The lowest BCUT2D eigenvalue weighted by molar-refractivity contribution is -0.136. The molecular weight excluding hydrogens is 436 g/mol. The lowest BCUT2D eigenvalue weighted by Crippen LogP contribution is -2.51. The van der Waals surface area contributed by atoms with Gasteiger partial charge in [0.15, 0.2) is 0 Å². The summed E-state index contributed by atoms with van der Waals surface area (Å²) < 4.78 is 6.22. The maximum Gasteiger partial charge on any atom is 0.253 e. The van der Waals surface area contributed by atoms with E-state index < -0.39 is 0 Å². The molecule has 2 aliphatic heterocycles. The highest BCUT2D eigenvalue weighted by Crippen LogP contribution is 2.36. The van der Waals surface area contributed by atoms with Crippen LogP contribution in [0.3, 0.4) is 0 Å². The van der Waals surface area contributed by atoms with E-state index in [0.29, 0.717) is 31.7 Å². The summed E-state index contributed by atoms with van der Waals surface area (Å²) in [5.74, 6) is 1.04. The number of likely N-dealkylation sites (tertiary alicyclic amines) is 2. The number of ether oxygens (including phenoxy) is 1. The minimum absolute atomic E-state index is 0.0414. The van der Waals surface area contributed by atoms with Gasteiger partial charge in [-0.25, -0.2) is 0 Å². The van der Waals surface area contributed by atoms with Gasteiger partial charge in [-0.05, 0) is 67.3 Å². The third kappa shape index (κ3) is 6.45. The number of para-hydroxylation sites is 1. The molecule has 2 fully saturated rings. The number of hydrogen-bond acceptors (Lipinski definition) is 3. The van der Waals surface area contributed by atoms with Gasteiger partial charge in [0.2, 0.25) is 5.91 Å². The van der Waals surface area contributed by atoms with Crippen LogP contribution < -0.4 is 4.74 Å². The highest BCUT2D eigenvalue weighted by molar-refractivity contribution is 5.94. The molecule has 0 spiro atoms. The molecule has 2 amide bonds. The van der Waals surface area contributed by atoms with Gasteiger partial charge in [0.05, 0.1) is 6.61 Å². The molecule has 1 atom stereocenters. The van der Waals surface area contributed by atoms with Gasteiger partial charge in [0, 0.05) is 43.6 Å². The Balaban J connectivity index is 1.51. The van der Waals surface area contributed by atoms with Gasteiger partial charge in [0.1, 0.15) is 5.75 Å². The molecule has 2 saturated heterocycles. The van der Waals surface area contributed by atoms with Crippen molar-refractivity contribution in [1.82, 2.24) is 9.80 Å². The number of piperidine rings is 2. The van der Waals surface area contributed by atoms with Gasteiger partial charge in [0.25, 0.3) is 5.91 Å². The summed E-state index contributed by atoms with van der Waals surface area (Å²) in [6.07, 6.45) is 5.53. The molecule has 0 aliphatic carbocycles. The number of hydrogen-bond donors (Lipinski definition) is 0. The average molecular weight is 477 g/mol. The van der Waals surface area contributed by atoms with Gasteiger partial charge in [-0.15, -0.1) is 0 Å². The zero-order chi connectivity index (χ0) is 24.9. The summed E-state index contributed by atoms with van der Waals surface area (Å²) in [6, 6.07) is 17.8. The monoisotopic (exact) mass is 476 g/mol. The molecule has 2 aliphatic rings. The molecule has 5 nitrogen and oxygen atoms in total. The summed E-state index contributed by atoms with van der Waals surface area (Å²) >= 11 is 0. The van der Waals surface area contributed by atoms with Crippen LogP contribution >= 0.6 is 0 Å². The summed E-state index contributed by atoms with van der Waals surface area (Å²) in [5.41, 5.74) is 1.58. The Labute approximate surface area is 210 Å². The van der Waals surface area contributed by atoms with E-state index in [4.69, 9.17) is 4.74 Å². The van der Waals surface area contributed by atoms with Crippen LogP contribution in [0.25, 0.3) is 0 Å². The van der Waals surface area contributed by atoms with Crippen LogP contribution in [-0.2, 0) is 10.2 Å². The van der Waals surface area contributed by atoms with Crippen molar-refractivity contribution in [2.75, 3.05) is 32.8 Å². The molecule has 0 N–H and O–H groups in total. The van der Waals surface area contributed by atoms with E-state index in [1.807, 2.05) is 52.3 Å². The first kappa shape index (κ1) is 25.3. The fraction of sp³-hybridized carbons (Fsp3) is 0.533. The molecule has 4 rings (SSSR count). The lowest BCUT2D eigenvalue weighted by Gasteiger charge is -2.43. The van der Waals surface area contributed by atoms with Crippen LogP contribution in [0.4, 0.5) is 0 Å². The van der Waals surface area contributed by atoms with Crippen molar-refractivity contribution < 1.29 is 14.3 Å². The zero-order valence-corrected chi connectivity index (χ0v) is 21.6. The first-order valence-electron chi connectivity index (χ1n) is 13.1. The highest BCUT2D eigenvalue weighted by Gasteiger charge is 2.41. The van der Waals surface area contributed by atoms with E-state index >= 15 is 0 Å². The summed E-state index contributed by atoms with van der Waals surface area (Å²) in [7, 11) is 0. The fourth-order valence-electron chi connectivity index (χ4n) is 5.32. The van der Waals surface area contributed by atoms with Crippen molar-refractivity contribution in [3.63, 3.8) is 0 Å². The van der Waals surface area contributed by atoms with Crippen LogP contribution in [0.2, 0.25) is 0 Å². The Morgan fingerprint density at radius 2 is 1.51 bits per heavy atom. The topological polar surface area (TPSA) is 49.9 Å². The van der Waals surface area contributed by atoms with Crippen LogP contribution in [0.15, 0.2) is 54.6 Å². The van der Waals surface area contributed by atoms with E-state index in [0.717, 1.165) is 44.5 Å². The minimum Gasteiger partial charge on any atom is -0.493 e. The predicted octanol–water partition coefficient (Wildman–Crippen LogP) is 5.69. The zero-order valence-electron chi connectivity index (χ0n) is 21.6. The number of rotatable bonds is 6. The van der Waals surface area contributed by atoms with Gasteiger partial charge in [-0.2, -0.15) is 0 Å². The summed E-state index contributed by atoms with van der Waals surface area (Å²) in [5, 5.41) is 0. The highest BCUT2D eigenvalue weighted by atomic mass is 16.5. The smallest absolute Gasteiger partial charge is 0.253 e. The van der Waals surface area contributed by atoms with Gasteiger partial charge in [-0.3, -0.25) is 9.59 Å². The van der Waals surface area contributed by atoms with Crippen molar-refractivity contribution in [2.24, 2.45) is 5.41 Å². The van der Waals surface area contributed by atoms with Crippen LogP contribution in [0.1, 0.15) is 75.2 Å². The van der Waals surface area contributed by atoms with Crippen LogP contribution in [0, 0.1) is 5.41 Å². The Bertz CT molecular complexity index is 991. The number of nitrogens with zero attached hydrogens (tertiary/aromatic N) is 2. The molecule has 1 unspecified atom stereocenters. The van der Waals surface area contributed by atoms with Crippen LogP contribution in [-0.4, -0.2) is 54.4 Å². The third-order valence-corrected chi connectivity index (χ3v) is 7.47. The fourth-order valence-corrected chi connectivity index (χ4v) is 5.32. The van der Waals surface area contributed by atoms with Gasteiger partial charge >= 0.3 is 0 Å². The van der Waals surface area contributed by atoms with Gasteiger partial charge in [-0.1, -0.05) is 51.1 Å². The molecule has 188 valence electrons. The third-order valence-electron chi connectivity index (χ3n) is 7.47. The van der Waals surface area contributed by atoms with Crippen molar-refractivity contribution in [3.8, 4) is 5.75 Å². The lowest BCUT2D eigenvalue weighted by atomic mass is 9.77. The molecule has 0 saturated carbocycles. The maximum absolute atomic E-state index is 13.5. The van der Waals surface area contributed by atoms with Crippen molar-refractivity contribution >= 4 is 11.8 Å². The first-order chi connectivity index (χ1) is 16.8. The molecule has 0 aromatic heterocycles. The molecule has 2 aromatic carbocycles. The largest absolute Gasteiger partial charge is 0.493 e. The molecular formula is C30H40N2O3. The Morgan fingerprint density at radius 1 is 0.857 bits per heavy atom. The van der Waals surface area contributed by atoms with Crippen molar-refractivity contribution in [3.05, 3.63) is 65.7 Å². The quantitative estimate of drug-likeness (QED) is 0.538. The van der Waals surface area contributed by atoms with E-state index in [-0.39, 0.29) is 22.6 Å². The Morgan fingerprint density at radius 3 is 2.17 bits per heavy atom. The standard InChI is InChI=1S/C30H40N2O3/c1-29(2,3)25-15-13-24(14-16-25)28(34)32-20-10-17-30(22-32,23-35-26-11-6-4-7-12-26)21-27(33)31-18-8-5-9-19-31/h4,6-7,11-16H,5,8-10,17-23H2,1-3H3. The molecule has 35 heavy (non-hydrogen) atoms. The number of carbonyl (C=O) groups is 2. The predicted molar refractivity (Wildman–Crippen MR) is 140 cm³/mol. The normalized spacial score (nSPS) is 21.0. The second-order valence-electron chi connectivity index (χ2n) is 11.4. The summed E-state index contributed by atoms with van der Waals surface area (Å²) in [4.78, 5) is 30.8. The molecule has 2 heterocycles. The second kappa shape index (κ2) is 10.8. The molecule has 0 radical (unpaired) electrons. The number of amides is 2. The molecule has 0 bridgehead atoms. The Hall–Kier alpha value is -2.82. The Kier molecular flexibility index (Phi) is 7.83. The number of benzene rings is 2. The van der Waals surface area contributed by atoms with Crippen molar-refractivity contribution in [1.29, 1.82) is 0 Å². The molecule has 2 aromatic rings. The first-order valence-corrected chi connectivity index (χ1v) is 13.1. The van der Waals surface area contributed by atoms with E-state index in [1.54, 1.807) is 0 Å². The van der Waals surface area contributed by atoms with E-state index in [2.05, 4.69) is 32.9 Å². The number of carbonyl (C=O) groups excluding carboxylic acids is 2. The maximum atomic E-state index is 13.5. The van der Waals surface area contributed by atoms with E-state index in [1.165, 1.54) is 12.0 Å². The SMILES string of the molecule is CC(C)(C)c1ccc(C(=O)N2CCCC(COc3ccccc3)(CC(=O)N3CCCCC3)C2)cc1.